The van der Waals surface area contributed by atoms with E-state index in [4.69, 9.17) is 0 Å². The predicted octanol–water partition coefficient (Wildman–Crippen LogP) is 6.19. The molecule has 2 unspecified atom stereocenters. The minimum Gasteiger partial charge on any atom is -0.390 e. The summed E-state index contributed by atoms with van der Waals surface area (Å²) in [5.41, 5.74) is 1.35. The lowest BCUT2D eigenvalue weighted by Gasteiger charge is -2.34. The van der Waals surface area contributed by atoms with Crippen molar-refractivity contribution in [1.29, 1.82) is 0 Å². The van der Waals surface area contributed by atoms with E-state index in [1.54, 1.807) is 0 Å². The minimum atomic E-state index is -0.966. The molecule has 194 valence electrons. The van der Waals surface area contributed by atoms with Gasteiger partial charge < -0.3 is 10.2 Å². The van der Waals surface area contributed by atoms with Gasteiger partial charge in [0.2, 0.25) is 0 Å². The van der Waals surface area contributed by atoms with Crippen molar-refractivity contribution in [3.63, 3.8) is 0 Å². The first-order valence-corrected chi connectivity index (χ1v) is 16.4. The van der Waals surface area contributed by atoms with Crippen molar-refractivity contribution >= 4 is 37.1 Å². The largest absolute Gasteiger partial charge is 0.390 e. The number of rotatable bonds is 9. The maximum absolute atomic E-state index is 12.1. The van der Waals surface area contributed by atoms with E-state index in [0.29, 0.717) is 6.16 Å². The van der Waals surface area contributed by atoms with Crippen LogP contribution in [0.15, 0.2) is 132 Å². The summed E-state index contributed by atoms with van der Waals surface area (Å²) in [4.78, 5) is 0. The molecule has 0 radical (unpaired) electrons. The second-order valence-corrected chi connectivity index (χ2v) is 14.3. The van der Waals surface area contributed by atoms with Crippen LogP contribution in [0.4, 0.5) is 0 Å². The van der Waals surface area contributed by atoms with Crippen molar-refractivity contribution in [2.24, 2.45) is 0 Å². The van der Waals surface area contributed by atoms with Crippen LogP contribution in [0, 0.1) is 0 Å². The molecular formula is C34H36O2P2. The molecule has 4 heteroatoms. The fourth-order valence-electron chi connectivity index (χ4n) is 5.36. The quantitative estimate of drug-likeness (QED) is 0.250. The van der Waals surface area contributed by atoms with Crippen LogP contribution < -0.4 is 21.2 Å². The van der Waals surface area contributed by atoms with Gasteiger partial charge in [-0.1, -0.05) is 133 Å². The summed E-state index contributed by atoms with van der Waals surface area (Å²) in [5.74, 6) is 0. The molecule has 0 bridgehead atoms. The molecular weight excluding hydrogens is 502 g/mol. The number of hydrogen-bond acceptors (Lipinski definition) is 2. The van der Waals surface area contributed by atoms with E-state index in [1.807, 2.05) is 24.3 Å². The third kappa shape index (κ3) is 6.51. The molecule has 1 saturated carbocycles. The van der Waals surface area contributed by atoms with E-state index in [-0.39, 0.29) is 0 Å². The van der Waals surface area contributed by atoms with Gasteiger partial charge in [0.05, 0.1) is 6.10 Å². The summed E-state index contributed by atoms with van der Waals surface area (Å²) in [6.45, 7) is 0. The van der Waals surface area contributed by atoms with E-state index < -0.39 is 28.1 Å². The summed E-state index contributed by atoms with van der Waals surface area (Å²) >= 11 is 0. The van der Waals surface area contributed by atoms with Crippen LogP contribution in [0.3, 0.4) is 0 Å². The number of aliphatic hydroxyl groups excluding tert-OH is 2. The lowest BCUT2D eigenvalue weighted by molar-refractivity contribution is 0.0611. The van der Waals surface area contributed by atoms with Crippen LogP contribution in [0.25, 0.3) is 0 Å². The van der Waals surface area contributed by atoms with Crippen molar-refractivity contribution in [3.05, 3.63) is 132 Å². The third-order valence-corrected chi connectivity index (χ3v) is 12.5. The van der Waals surface area contributed by atoms with Crippen LogP contribution in [0.2, 0.25) is 0 Å². The van der Waals surface area contributed by atoms with Gasteiger partial charge in [-0.3, -0.25) is 0 Å². The van der Waals surface area contributed by atoms with Gasteiger partial charge in [0.1, 0.15) is 6.10 Å². The van der Waals surface area contributed by atoms with Gasteiger partial charge >= 0.3 is 0 Å². The zero-order valence-corrected chi connectivity index (χ0v) is 23.5. The van der Waals surface area contributed by atoms with Crippen LogP contribution in [-0.4, -0.2) is 28.6 Å². The van der Waals surface area contributed by atoms with Crippen molar-refractivity contribution in [2.45, 2.75) is 44.3 Å². The highest BCUT2D eigenvalue weighted by Gasteiger charge is 2.33. The van der Waals surface area contributed by atoms with Crippen LogP contribution in [0.1, 0.15) is 32.1 Å². The molecule has 1 fully saturated rings. The van der Waals surface area contributed by atoms with E-state index >= 15 is 0 Å². The van der Waals surface area contributed by atoms with Gasteiger partial charge in [-0.25, -0.2) is 0 Å². The number of allylic oxidation sites excluding steroid dienone is 1. The SMILES string of the molecule is OC(CP(c1ccccc1)c1ccccc1)C(O)C(=C1CCCCC1)P(c1ccccc1)c1ccccc1. The highest BCUT2D eigenvalue weighted by Crippen LogP contribution is 2.50. The summed E-state index contributed by atoms with van der Waals surface area (Å²) in [6, 6.07) is 42.1. The average Bonchev–Trinajstić information content (AvgIpc) is 3.00. The Morgan fingerprint density at radius 2 is 0.947 bits per heavy atom. The van der Waals surface area contributed by atoms with E-state index in [1.165, 1.54) is 33.2 Å². The predicted molar refractivity (Wildman–Crippen MR) is 165 cm³/mol. The third-order valence-electron chi connectivity index (χ3n) is 7.24. The molecule has 0 saturated heterocycles. The topological polar surface area (TPSA) is 40.5 Å². The van der Waals surface area contributed by atoms with Gasteiger partial charge in [0.25, 0.3) is 0 Å². The first kappa shape index (κ1) is 27.0. The van der Waals surface area contributed by atoms with Crippen LogP contribution in [-0.2, 0) is 0 Å². The first-order chi connectivity index (χ1) is 18.7. The summed E-state index contributed by atoms with van der Waals surface area (Å²) in [5, 5.41) is 29.8. The van der Waals surface area contributed by atoms with Crippen molar-refractivity contribution in [3.8, 4) is 0 Å². The van der Waals surface area contributed by atoms with E-state index in [2.05, 4.69) is 97.1 Å². The highest BCUT2D eigenvalue weighted by molar-refractivity contribution is 7.77. The van der Waals surface area contributed by atoms with Crippen molar-refractivity contribution in [2.75, 3.05) is 6.16 Å². The first-order valence-electron chi connectivity index (χ1n) is 13.6. The Morgan fingerprint density at radius 1 is 0.553 bits per heavy atom. The van der Waals surface area contributed by atoms with Gasteiger partial charge in [0.15, 0.2) is 0 Å². The molecule has 1 aliphatic carbocycles. The Morgan fingerprint density at radius 3 is 1.37 bits per heavy atom. The summed E-state index contributed by atoms with van der Waals surface area (Å²) in [7, 11) is -1.78. The fraction of sp³-hybridized carbons (Fsp3) is 0.235. The Labute approximate surface area is 229 Å². The zero-order valence-electron chi connectivity index (χ0n) is 21.7. The number of aliphatic hydroxyl groups is 2. The smallest absolute Gasteiger partial charge is 0.106 e. The Balaban J connectivity index is 1.55. The standard InChI is InChI=1S/C34H36O2P2/c35-32(26-37(28-18-8-2-9-19-28)29-20-10-3-11-21-29)33(36)34(27-16-6-1-7-17-27)38(30-22-12-4-13-23-30)31-24-14-5-15-25-31/h2-5,8-15,18-25,32-33,35-36H,1,6-7,16-17,26H2. The maximum atomic E-state index is 12.1. The Hall–Kier alpha value is -2.60. The van der Waals surface area contributed by atoms with Gasteiger partial charge in [-0.05, 0) is 68.1 Å². The molecule has 0 spiro atoms. The monoisotopic (exact) mass is 538 g/mol. The van der Waals surface area contributed by atoms with Crippen LogP contribution in [0.5, 0.6) is 0 Å². The molecule has 4 aromatic carbocycles. The van der Waals surface area contributed by atoms with E-state index in [0.717, 1.165) is 31.0 Å². The molecule has 0 aliphatic heterocycles. The summed E-state index contributed by atoms with van der Waals surface area (Å²) in [6.07, 6.45) is 4.29. The summed E-state index contributed by atoms with van der Waals surface area (Å²) < 4.78 is 0. The van der Waals surface area contributed by atoms with Gasteiger partial charge in [-0.2, -0.15) is 0 Å². The number of hydrogen-bond donors (Lipinski definition) is 2. The zero-order chi connectivity index (χ0) is 26.2. The lowest BCUT2D eigenvalue weighted by atomic mass is 9.93. The fourth-order valence-corrected chi connectivity index (χ4v) is 10.5. The molecule has 0 amide bonds. The van der Waals surface area contributed by atoms with Gasteiger partial charge in [0, 0.05) is 6.16 Å². The van der Waals surface area contributed by atoms with Gasteiger partial charge in [-0.15, -0.1) is 0 Å². The molecule has 1 aliphatic rings. The molecule has 38 heavy (non-hydrogen) atoms. The highest BCUT2D eigenvalue weighted by atomic mass is 31.1. The average molecular weight is 539 g/mol. The molecule has 2 N–H and O–H groups in total. The molecule has 4 aromatic rings. The van der Waals surface area contributed by atoms with Crippen molar-refractivity contribution in [1.82, 2.24) is 0 Å². The van der Waals surface area contributed by atoms with Crippen molar-refractivity contribution < 1.29 is 10.2 Å². The molecule has 2 atom stereocenters. The Kier molecular flexibility index (Phi) is 9.56. The molecule has 0 heterocycles. The molecule has 2 nitrogen and oxygen atoms in total. The van der Waals surface area contributed by atoms with E-state index in [9.17, 15) is 10.2 Å². The normalized spacial score (nSPS) is 15.4. The Bertz CT molecular complexity index is 1210. The minimum absolute atomic E-state index is 0.522. The maximum Gasteiger partial charge on any atom is 0.106 e. The second kappa shape index (κ2) is 13.5. The molecule has 0 aromatic heterocycles. The lowest BCUT2D eigenvalue weighted by Crippen LogP contribution is -2.35. The van der Waals surface area contributed by atoms with Crippen LogP contribution >= 0.6 is 15.8 Å². The molecule has 5 rings (SSSR count). The number of benzene rings is 4. The second-order valence-electron chi connectivity index (χ2n) is 9.85.